The number of aromatic amines is 2. The minimum atomic E-state index is -3.22. The predicted octanol–water partition coefficient (Wildman–Crippen LogP) is 6.47. The van der Waals surface area contributed by atoms with Crippen LogP contribution >= 0.6 is 96.9 Å². The number of carboxylic acid groups (broad SMARTS) is 1. The molecule has 0 aromatic carbocycles. The minimum Gasteiger partial charge on any atom is -0.477 e. The van der Waals surface area contributed by atoms with Crippen molar-refractivity contribution in [2.24, 2.45) is 5.73 Å². The fourth-order valence-corrected chi connectivity index (χ4v) is 2.50. The number of aromatic nitrogens is 6. The van der Waals surface area contributed by atoms with Gasteiger partial charge in [0.2, 0.25) is 10.6 Å². The van der Waals surface area contributed by atoms with Gasteiger partial charge in [-0.05, 0) is 68.5 Å². The highest BCUT2D eigenvalue weighted by Gasteiger charge is 2.07. The number of hydrogen-bond donors (Lipinski definition) is 4. The number of alkyl halides is 1. The number of rotatable bonds is 3. The van der Waals surface area contributed by atoms with Gasteiger partial charge in [-0.25, -0.2) is 29.5 Å². The second-order valence-electron chi connectivity index (χ2n) is 5.53. The zero-order chi connectivity index (χ0) is 32.5. The monoisotopic (exact) mass is 776 g/mol. The molecule has 0 unspecified atom stereocenters. The van der Waals surface area contributed by atoms with Crippen LogP contribution in [0.3, 0.4) is 0 Å². The Kier molecular flexibility index (Phi) is 24.7. The molecule has 0 saturated carbocycles. The van der Waals surface area contributed by atoms with Gasteiger partial charge in [-0.1, -0.05) is 38.1 Å². The summed E-state index contributed by atoms with van der Waals surface area (Å²) in [7, 11) is -1.00. The van der Waals surface area contributed by atoms with Crippen molar-refractivity contribution < 1.29 is 29.8 Å². The van der Waals surface area contributed by atoms with E-state index < -0.39 is 46.4 Å². The number of nitrogens with zero attached hydrogens (tertiary/aromatic N) is 4. The van der Waals surface area contributed by atoms with Crippen molar-refractivity contribution in [1.82, 2.24) is 29.9 Å². The van der Waals surface area contributed by atoms with Crippen LogP contribution in [0, 0.1) is 0 Å². The molecule has 3 aromatic rings. The van der Waals surface area contributed by atoms with Crippen LogP contribution in [0.5, 0.6) is 0 Å². The number of primary amides is 1. The maximum Gasteiger partial charge on any atom is 0.352 e. The molecule has 0 aliphatic heterocycles. The van der Waals surface area contributed by atoms with E-state index in [0.717, 1.165) is 6.07 Å². The molecule has 14 nitrogen and oxygen atoms in total. The second kappa shape index (κ2) is 23.4. The molecule has 236 valence electrons. The molecule has 0 bridgehead atoms. The summed E-state index contributed by atoms with van der Waals surface area (Å²) in [4.78, 5) is 70.0. The summed E-state index contributed by atoms with van der Waals surface area (Å²) in [5, 5.41) is 4.38. The van der Waals surface area contributed by atoms with Crippen LogP contribution in [-0.2, 0) is 4.57 Å². The molecule has 1 amide bonds. The lowest BCUT2D eigenvalue weighted by Crippen LogP contribution is -2.24. The Labute approximate surface area is 277 Å². The van der Waals surface area contributed by atoms with Crippen LogP contribution < -0.4 is 17.0 Å². The van der Waals surface area contributed by atoms with E-state index in [-0.39, 0.29) is 47.1 Å². The third kappa shape index (κ3) is 24.5. The fourth-order valence-electron chi connectivity index (χ4n) is 1.59. The quantitative estimate of drug-likeness (QED) is 0.0973. The number of hydrogen-bond acceptors (Lipinski definition) is 10. The molecule has 0 spiro atoms. The van der Waals surface area contributed by atoms with Crippen molar-refractivity contribution >= 4 is 114 Å². The van der Waals surface area contributed by atoms with Crippen molar-refractivity contribution in [2.45, 2.75) is 14.9 Å². The van der Waals surface area contributed by atoms with Gasteiger partial charge in [-0.15, -0.1) is 0 Å². The average molecular weight is 780 g/mol. The number of nitrogens with one attached hydrogen (secondary N) is 2. The zero-order valence-corrected chi connectivity index (χ0v) is 25.5. The molecule has 3 aromatic heterocycles. The second-order valence-corrected chi connectivity index (χ2v) is 14.0. The summed E-state index contributed by atoms with van der Waals surface area (Å²) in [5.74, 6) is -2.02. The molecule has 24 heteroatoms. The molecule has 0 aliphatic rings. The van der Waals surface area contributed by atoms with Crippen molar-refractivity contribution in [3.05, 3.63) is 77.0 Å². The number of halogens is 9. The summed E-state index contributed by atoms with van der Waals surface area (Å²) in [6.45, 7) is 0. The number of carbonyl (C=O) groups excluding carboxylic acids is 2. The molecule has 0 radical (unpaired) electrons. The Bertz CT molecular complexity index is 1380. The summed E-state index contributed by atoms with van der Waals surface area (Å²) >= 11 is 40.6. The van der Waals surface area contributed by atoms with E-state index in [2.05, 4.69) is 53.7 Å². The predicted molar refractivity (Wildman–Crippen MR) is 163 cm³/mol. The van der Waals surface area contributed by atoms with Crippen molar-refractivity contribution in [3.63, 3.8) is 0 Å². The third-order valence-corrected chi connectivity index (χ3v) is 3.70. The summed E-state index contributed by atoms with van der Waals surface area (Å²) < 4.78 is 25.0. The molecule has 3 heterocycles. The summed E-state index contributed by atoms with van der Waals surface area (Å²) in [6, 6.07) is 3.28. The molecular weight excluding hydrogens is 760 g/mol. The molecule has 0 atom stereocenters. The topological polar surface area (TPSA) is 232 Å². The lowest BCUT2D eigenvalue weighted by atomic mass is 10.4. The number of nitrogens with two attached hydrogens (primary N) is 1. The van der Waals surface area contributed by atoms with Gasteiger partial charge >= 0.3 is 16.9 Å². The smallest absolute Gasteiger partial charge is 0.352 e. The lowest BCUT2D eigenvalue weighted by molar-refractivity contribution is 0.0689. The zero-order valence-electron chi connectivity index (χ0n) is 19.6. The van der Waals surface area contributed by atoms with Crippen LogP contribution in [0.1, 0.15) is 47.7 Å². The van der Waals surface area contributed by atoms with Gasteiger partial charge in [0.15, 0.2) is 0 Å². The van der Waals surface area contributed by atoms with Gasteiger partial charge in [0.05, 0.1) is 8.52 Å². The van der Waals surface area contributed by atoms with Crippen molar-refractivity contribution in [1.29, 1.82) is 0 Å². The van der Waals surface area contributed by atoms with Crippen LogP contribution in [0.15, 0.2) is 27.8 Å². The van der Waals surface area contributed by atoms with Crippen LogP contribution in [-0.4, -0.2) is 59.3 Å². The van der Waals surface area contributed by atoms with Crippen molar-refractivity contribution in [2.75, 3.05) is 7.15 Å². The maximum absolute atomic E-state index is 10.5. The first-order chi connectivity index (χ1) is 18.7. The fraction of sp³-hybridized carbons (Fsp3) is 0.167. The van der Waals surface area contributed by atoms with Crippen LogP contribution in [0.2, 0.25) is 20.9 Å². The Hall–Kier alpha value is -2.07. The van der Waals surface area contributed by atoms with Gasteiger partial charge in [-0.3, -0.25) is 28.3 Å². The minimum absolute atomic E-state index is 0. The molecule has 0 fully saturated rings. The van der Waals surface area contributed by atoms with Crippen LogP contribution in [0.25, 0.3) is 0 Å². The Balaban J connectivity index is -0.000000231. The largest absolute Gasteiger partial charge is 0.477 e. The highest BCUT2D eigenvalue weighted by atomic mass is 36.0. The number of carbonyl (C=O) groups is 3. The van der Waals surface area contributed by atoms with E-state index in [1.807, 2.05) is 9.97 Å². The molecule has 0 saturated heterocycles. The van der Waals surface area contributed by atoms with Gasteiger partial charge < -0.3 is 15.8 Å². The van der Waals surface area contributed by atoms with Crippen molar-refractivity contribution in [3.8, 4) is 0 Å². The molecule has 5 N–H and O–H groups in total. The summed E-state index contributed by atoms with van der Waals surface area (Å²) in [6.07, 6.45) is 0. The number of amides is 1. The van der Waals surface area contributed by atoms with Crippen LogP contribution in [0.4, 0.5) is 4.39 Å². The Morgan fingerprint density at radius 3 is 1.60 bits per heavy atom. The van der Waals surface area contributed by atoms with Gasteiger partial charge in [0, 0.05) is 18.2 Å². The Morgan fingerprint density at radius 2 is 1.29 bits per heavy atom. The van der Waals surface area contributed by atoms with Gasteiger partial charge in [0.1, 0.15) is 27.4 Å². The standard InChI is InChI=1S/C5HCl3N2O.C5H3Cl2N3O.C5H4N2O4.CH3F.2CH4.Cl3OP/c6-3-1-2(4(7)11)9-5(8)10-3;6-3-1-2(4(8)11)9-5(7)10-3;8-3-1-2(4(9)10)6-5(11)7-3;1-2;;;1-5(2,3)4/h1H;1H,(H2,8,11);1H,(H,9,10)(H2,6,7,8,11);1H3;2*1H4;/i;;;1D;;;. The van der Waals surface area contributed by atoms with E-state index in [1.165, 1.54) is 12.1 Å². The number of H-pyrrole nitrogens is 2. The normalized spacial score (nSPS) is 9.40. The molecule has 0 aliphatic carbocycles. The van der Waals surface area contributed by atoms with Gasteiger partial charge in [-0.2, -0.15) is 0 Å². The summed E-state index contributed by atoms with van der Waals surface area (Å²) in [5.41, 5.74) is 2.94. The molecular formula is C18H19Cl8FN7O7P. The molecule has 42 heavy (non-hydrogen) atoms. The molecule has 3 rings (SSSR count). The van der Waals surface area contributed by atoms with E-state index in [1.54, 1.807) is 0 Å². The van der Waals surface area contributed by atoms with E-state index in [9.17, 15) is 32.9 Å². The van der Waals surface area contributed by atoms with E-state index in [4.69, 9.17) is 70.2 Å². The van der Waals surface area contributed by atoms with E-state index in [0.29, 0.717) is 0 Å². The Morgan fingerprint density at radius 1 is 0.905 bits per heavy atom. The average Bonchev–Trinajstić information content (AvgIpc) is 2.77. The maximum atomic E-state index is 10.5. The SMILES string of the molecule is C.C.NC(=O)c1cc(Cl)nc(Cl)n1.O=C(Cl)c1cc(Cl)nc(Cl)n1.O=C(O)c1cc(=O)[nH]c(=O)[nH]1.O=P(Cl)(Cl)Cl.[2H]CF. The first-order valence-corrected chi connectivity index (χ1v) is 15.0. The first-order valence-electron chi connectivity index (χ1n) is 9.41. The lowest BCUT2D eigenvalue weighted by Gasteiger charge is -1.94. The first kappa shape index (κ1) is 44.4. The van der Waals surface area contributed by atoms with Gasteiger partial charge in [0.25, 0.3) is 16.7 Å². The highest BCUT2D eigenvalue weighted by Crippen LogP contribution is 2.61. The number of aromatic carboxylic acids is 1. The van der Waals surface area contributed by atoms with E-state index >= 15 is 0 Å². The number of carboxylic acids is 1. The third-order valence-electron chi connectivity index (χ3n) is 2.78. The highest BCUT2D eigenvalue weighted by molar-refractivity contribution is 8.24.